The number of hydrogen-bond donors (Lipinski definition) is 2. The van der Waals surface area contributed by atoms with Crippen LogP contribution >= 0.6 is 0 Å². The number of rotatable bonds is 4. The van der Waals surface area contributed by atoms with Crippen LogP contribution in [0, 0.1) is 12.7 Å². The molecule has 1 aliphatic rings. The zero-order chi connectivity index (χ0) is 18.8. The molecular formula is C19H15FN4O3. The summed E-state index contributed by atoms with van der Waals surface area (Å²) in [5.74, 6) is 1.43. The maximum Gasteiger partial charge on any atom is 0.274 e. The van der Waals surface area contributed by atoms with Crippen LogP contribution in [0.5, 0.6) is 11.5 Å². The number of anilines is 3. The SMILES string of the molecule is Cc1nc(Nc2ccc3c(c2)OCO3)cc(C(=O)Nc2ccc(F)cc2)n1. The minimum absolute atomic E-state index is 0.190. The first-order chi connectivity index (χ1) is 13.1. The van der Waals surface area contributed by atoms with E-state index in [9.17, 15) is 9.18 Å². The van der Waals surface area contributed by atoms with Crippen molar-refractivity contribution in [1.82, 2.24) is 9.97 Å². The first-order valence-corrected chi connectivity index (χ1v) is 8.16. The number of nitrogens with zero attached hydrogens (tertiary/aromatic N) is 2. The molecule has 0 aliphatic carbocycles. The van der Waals surface area contributed by atoms with Crippen LogP contribution in [-0.4, -0.2) is 22.7 Å². The van der Waals surface area contributed by atoms with Gasteiger partial charge in [-0.1, -0.05) is 0 Å². The summed E-state index contributed by atoms with van der Waals surface area (Å²) in [7, 11) is 0. The first-order valence-electron chi connectivity index (χ1n) is 8.16. The molecule has 0 radical (unpaired) electrons. The Bertz CT molecular complexity index is 1010. The third kappa shape index (κ3) is 3.79. The number of aromatic nitrogens is 2. The van der Waals surface area contributed by atoms with Crippen molar-refractivity contribution < 1.29 is 18.7 Å². The summed E-state index contributed by atoms with van der Waals surface area (Å²) in [6, 6.07) is 12.4. The molecule has 0 bridgehead atoms. The lowest BCUT2D eigenvalue weighted by atomic mass is 10.2. The third-order valence-corrected chi connectivity index (χ3v) is 3.82. The Morgan fingerprint density at radius 1 is 1.00 bits per heavy atom. The molecule has 1 aliphatic heterocycles. The average Bonchev–Trinajstić information content (AvgIpc) is 3.11. The molecule has 1 amide bonds. The fourth-order valence-electron chi connectivity index (χ4n) is 2.60. The Kier molecular flexibility index (Phi) is 4.29. The van der Waals surface area contributed by atoms with Gasteiger partial charge in [-0.05, 0) is 43.3 Å². The van der Waals surface area contributed by atoms with Gasteiger partial charge in [0, 0.05) is 23.5 Å². The summed E-state index contributed by atoms with van der Waals surface area (Å²) >= 11 is 0. The van der Waals surface area contributed by atoms with Crippen LogP contribution < -0.4 is 20.1 Å². The maximum atomic E-state index is 13.0. The second-order valence-electron chi connectivity index (χ2n) is 5.84. The molecule has 0 saturated heterocycles. The normalized spacial score (nSPS) is 11.9. The standard InChI is InChI=1S/C19H15FN4O3/c1-11-21-15(19(25)24-13-4-2-12(20)3-5-13)9-18(22-11)23-14-6-7-16-17(8-14)27-10-26-16/h2-9H,10H2,1H3,(H,24,25)(H,21,22,23). The number of benzene rings is 2. The van der Waals surface area contributed by atoms with E-state index in [-0.39, 0.29) is 18.3 Å². The van der Waals surface area contributed by atoms with Crippen molar-refractivity contribution >= 4 is 23.1 Å². The largest absolute Gasteiger partial charge is 0.454 e. The maximum absolute atomic E-state index is 13.0. The Labute approximate surface area is 154 Å². The van der Waals surface area contributed by atoms with E-state index in [1.165, 1.54) is 30.3 Å². The first kappa shape index (κ1) is 16.8. The minimum atomic E-state index is -0.416. The van der Waals surface area contributed by atoms with Gasteiger partial charge >= 0.3 is 0 Å². The van der Waals surface area contributed by atoms with Gasteiger partial charge in [0.2, 0.25) is 6.79 Å². The van der Waals surface area contributed by atoms with Gasteiger partial charge in [-0.3, -0.25) is 4.79 Å². The molecule has 0 spiro atoms. The highest BCUT2D eigenvalue weighted by Crippen LogP contribution is 2.34. The van der Waals surface area contributed by atoms with Gasteiger partial charge in [-0.25, -0.2) is 14.4 Å². The van der Waals surface area contributed by atoms with Gasteiger partial charge in [0.1, 0.15) is 23.2 Å². The number of fused-ring (bicyclic) bond motifs is 1. The number of aryl methyl sites for hydroxylation is 1. The molecule has 27 heavy (non-hydrogen) atoms. The molecule has 0 saturated carbocycles. The molecule has 2 aromatic carbocycles. The van der Waals surface area contributed by atoms with Gasteiger partial charge in [0.25, 0.3) is 5.91 Å². The summed E-state index contributed by atoms with van der Waals surface area (Å²) in [5, 5.41) is 5.80. The molecule has 3 aromatic rings. The zero-order valence-corrected chi connectivity index (χ0v) is 14.3. The van der Waals surface area contributed by atoms with Gasteiger partial charge in [0.05, 0.1) is 0 Å². The second-order valence-corrected chi connectivity index (χ2v) is 5.84. The van der Waals surface area contributed by atoms with Crippen molar-refractivity contribution in [2.75, 3.05) is 17.4 Å². The van der Waals surface area contributed by atoms with Crippen molar-refractivity contribution in [3.63, 3.8) is 0 Å². The van der Waals surface area contributed by atoms with Gasteiger partial charge in [0.15, 0.2) is 11.5 Å². The van der Waals surface area contributed by atoms with Gasteiger partial charge in [-0.15, -0.1) is 0 Å². The van der Waals surface area contributed by atoms with Crippen LogP contribution in [0.25, 0.3) is 0 Å². The molecule has 4 rings (SSSR count). The number of hydrogen-bond acceptors (Lipinski definition) is 6. The fraction of sp³-hybridized carbons (Fsp3) is 0.105. The lowest BCUT2D eigenvalue weighted by Gasteiger charge is -2.10. The van der Waals surface area contributed by atoms with Crippen LogP contribution in [0.1, 0.15) is 16.3 Å². The third-order valence-electron chi connectivity index (χ3n) is 3.82. The lowest BCUT2D eigenvalue weighted by molar-refractivity contribution is 0.102. The highest BCUT2D eigenvalue weighted by atomic mass is 19.1. The summed E-state index contributed by atoms with van der Waals surface area (Å²) in [6.45, 7) is 1.89. The smallest absolute Gasteiger partial charge is 0.274 e. The molecule has 2 heterocycles. The fourth-order valence-corrected chi connectivity index (χ4v) is 2.60. The molecular weight excluding hydrogens is 351 g/mol. The number of amides is 1. The summed E-state index contributed by atoms with van der Waals surface area (Å²) in [6.07, 6.45) is 0. The lowest BCUT2D eigenvalue weighted by Crippen LogP contribution is -2.15. The summed E-state index contributed by atoms with van der Waals surface area (Å²) < 4.78 is 23.6. The van der Waals surface area contributed by atoms with E-state index in [1.54, 1.807) is 19.1 Å². The number of ether oxygens (including phenoxy) is 2. The van der Waals surface area contributed by atoms with Gasteiger partial charge in [-0.2, -0.15) is 0 Å². The number of carbonyl (C=O) groups is 1. The highest BCUT2D eigenvalue weighted by Gasteiger charge is 2.15. The Balaban J connectivity index is 1.54. The van der Waals surface area contributed by atoms with Crippen LogP contribution in [0.2, 0.25) is 0 Å². The number of halogens is 1. The number of carbonyl (C=O) groups excluding carboxylic acids is 1. The number of nitrogens with one attached hydrogen (secondary N) is 2. The van der Waals surface area contributed by atoms with Crippen molar-refractivity contribution in [1.29, 1.82) is 0 Å². The average molecular weight is 366 g/mol. The predicted molar refractivity (Wildman–Crippen MR) is 97.0 cm³/mol. The molecule has 136 valence electrons. The Morgan fingerprint density at radius 3 is 2.56 bits per heavy atom. The highest BCUT2D eigenvalue weighted by molar-refractivity contribution is 6.03. The van der Waals surface area contributed by atoms with E-state index >= 15 is 0 Å². The molecule has 7 nitrogen and oxygen atoms in total. The Morgan fingerprint density at radius 2 is 1.74 bits per heavy atom. The summed E-state index contributed by atoms with van der Waals surface area (Å²) in [5.41, 5.74) is 1.40. The molecule has 2 N–H and O–H groups in total. The van der Waals surface area contributed by atoms with E-state index in [0.29, 0.717) is 28.8 Å². The van der Waals surface area contributed by atoms with Crippen LogP contribution in [0.4, 0.5) is 21.6 Å². The molecule has 1 aromatic heterocycles. The predicted octanol–water partition coefficient (Wildman–Crippen LogP) is 3.65. The van der Waals surface area contributed by atoms with Gasteiger partial charge < -0.3 is 20.1 Å². The molecule has 0 fully saturated rings. The van der Waals surface area contributed by atoms with Crippen LogP contribution in [0.3, 0.4) is 0 Å². The van der Waals surface area contributed by atoms with Crippen molar-refractivity contribution in [2.24, 2.45) is 0 Å². The topological polar surface area (TPSA) is 85.4 Å². The van der Waals surface area contributed by atoms with E-state index < -0.39 is 5.91 Å². The van der Waals surface area contributed by atoms with Crippen molar-refractivity contribution in [2.45, 2.75) is 6.92 Å². The van der Waals surface area contributed by atoms with Crippen molar-refractivity contribution in [3.8, 4) is 11.5 Å². The van der Waals surface area contributed by atoms with E-state index in [4.69, 9.17) is 9.47 Å². The monoisotopic (exact) mass is 366 g/mol. The summed E-state index contributed by atoms with van der Waals surface area (Å²) in [4.78, 5) is 20.9. The van der Waals surface area contributed by atoms with Crippen LogP contribution in [-0.2, 0) is 0 Å². The van der Waals surface area contributed by atoms with Crippen LogP contribution in [0.15, 0.2) is 48.5 Å². The van der Waals surface area contributed by atoms with Crippen molar-refractivity contribution in [3.05, 3.63) is 65.9 Å². The molecule has 8 heteroatoms. The molecule has 0 atom stereocenters. The second kappa shape index (κ2) is 6.91. The quantitative estimate of drug-likeness (QED) is 0.733. The zero-order valence-electron chi connectivity index (χ0n) is 14.3. The Hall–Kier alpha value is -3.68. The van der Waals surface area contributed by atoms with E-state index in [2.05, 4.69) is 20.6 Å². The minimum Gasteiger partial charge on any atom is -0.454 e. The molecule has 0 unspecified atom stereocenters. The van der Waals surface area contributed by atoms with E-state index in [0.717, 1.165) is 5.69 Å². The van der Waals surface area contributed by atoms with E-state index in [1.807, 2.05) is 6.07 Å².